The predicted molar refractivity (Wildman–Crippen MR) is 102 cm³/mol. The first-order chi connectivity index (χ1) is 12.9. The van der Waals surface area contributed by atoms with Gasteiger partial charge in [-0.3, -0.25) is 14.9 Å². The maximum atomic E-state index is 12.2. The van der Waals surface area contributed by atoms with Crippen molar-refractivity contribution in [1.29, 1.82) is 0 Å². The van der Waals surface area contributed by atoms with E-state index in [2.05, 4.69) is 11.4 Å². The Bertz CT molecular complexity index is 848. The Kier molecular flexibility index (Phi) is 7.05. The van der Waals surface area contributed by atoms with Gasteiger partial charge in [0.15, 0.2) is 0 Å². The Balaban J connectivity index is 2.03. The molecule has 2 aromatic carbocycles. The molecule has 142 valence electrons. The van der Waals surface area contributed by atoms with Crippen molar-refractivity contribution in [2.75, 3.05) is 11.9 Å². The molecule has 1 amide bonds. The smallest absolute Gasteiger partial charge is 0.338 e. The normalized spacial score (nSPS) is 10.3. The van der Waals surface area contributed by atoms with Crippen LogP contribution in [0.4, 0.5) is 11.4 Å². The number of amides is 1. The molecule has 0 aliphatic heterocycles. The number of nitrogens with zero attached hydrogens (tertiary/aromatic N) is 1. The number of nitrogens with one attached hydrogen (secondary N) is 1. The quantitative estimate of drug-likeness (QED) is 0.429. The van der Waals surface area contributed by atoms with Gasteiger partial charge in [-0.2, -0.15) is 0 Å². The first-order valence-electron chi connectivity index (χ1n) is 8.71. The summed E-state index contributed by atoms with van der Waals surface area (Å²) < 4.78 is 4.89. The average molecular weight is 370 g/mol. The standard InChI is InChI=1S/C20H22N2O5/c1-3-27-20(24)16-10-11-18(22(25)26)17(13-16)21-19(23)9-5-8-15-7-4-6-14(2)12-15/h4,6-7,10-13H,3,5,8-9H2,1-2H3,(H,21,23). The number of hydrogen-bond donors (Lipinski definition) is 1. The topological polar surface area (TPSA) is 98.5 Å². The third kappa shape index (κ3) is 5.91. The van der Waals surface area contributed by atoms with Gasteiger partial charge in [0.2, 0.25) is 5.91 Å². The Labute approximate surface area is 157 Å². The van der Waals surface area contributed by atoms with E-state index in [-0.39, 0.29) is 35.9 Å². The first-order valence-corrected chi connectivity index (χ1v) is 8.71. The molecule has 0 bridgehead atoms. The van der Waals surface area contributed by atoms with Crippen molar-refractivity contribution in [3.05, 3.63) is 69.3 Å². The molecule has 0 heterocycles. The summed E-state index contributed by atoms with van der Waals surface area (Å²) >= 11 is 0. The minimum Gasteiger partial charge on any atom is -0.462 e. The molecule has 0 aromatic heterocycles. The van der Waals surface area contributed by atoms with E-state index in [1.165, 1.54) is 18.2 Å². The molecule has 0 saturated carbocycles. The van der Waals surface area contributed by atoms with Gasteiger partial charge in [-0.15, -0.1) is 0 Å². The number of carbonyl (C=O) groups is 2. The highest BCUT2D eigenvalue weighted by atomic mass is 16.6. The van der Waals surface area contributed by atoms with Crippen LogP contribution >= 0.6 is 0 Å². The Morgan fingerprint density at radius 3 is 2.63 bits per heavy atom. The second-order valence-corrected chi connectivity index (χ2v) is 6.10. The predicted octanol–water partition coefficient (Wildman–Crippen LogP) is 4.04. The Morgan fingerprint density at radius 1 is 1.19 bits per heavy atom. The molecule has 7 nitrogen and oxygen atoms in total. The Morgan fingerprint density at radius 2 is 1.96 bits per heavy atom. The lowest BCUT2D eigenvalue weighted by atomic mass is 10.1. The molecule has 2 rings (SSSR count). The zero-order chi connectivity index (χ0) is 19.8. The summed E-state index contributed by atoms with van der Waals surface area (Å²) in [5, 5.41) is 13.7. The summed E-state index contributed by atoms with van der Waals surface area (Å²) in [5.74, 6) is -0.936. The van der Waals surface area contributed by atoms with E-state index in [0.717, 1.165) is 17.5 Å². The number of rotatable bonds is 8. The van der Waals surface area contributed by atoms with Gasteiger partial charge < -0.3 is 10.1 Å². The zero-order valence-electron chi connectivity index (χ0n) is 15.4. The van der Waals surface area contributed by atoms with Crippen LogP contribution in [0.5, 0.6) is 0 Å². The number of nitro benzene ring substituents is 1. The van der Waals surface area contributed by atoms with Crippen molar-refractivity contribution in [2.45, 2.75) is 33.1 Å². The summed E-state index contributed by atoms with van der Waals surface area (Å²) in [4.78, 5) is 34.6. The minimum absolute atomic E-state index is 0.00823. The highest BCUT2D eigenvalue weighted by Crippen LogP contribution is 2.26. The third-order valence-electron chi connectivity index (χ3n) is 3.93. The number of esters is 1. The van der Waals surface area contributed by atoms with Crippen molar-refractivity contribution >= 4 is 23.3 Å². The number of hydrogen-bond acceptors (Lipinski definition) is 5. The zero-order valence-corrected chi connectivity index (χ0v) is 15.4. The van der Waals surface area contributed by atoms with Crippen LogP contribution < -0.4 is 5.32 Å². The lowest BCUT2D eigenvalue weighted by molar-refractivity contribution is -0.383. The fourth-order valence-corrected chi connectivity index (χ4v) is 2.67. The number of anilines is 1. The summed E-state index contributed by atoms with van der Waals surface area (Å²) in [6.45, 7) is 3.86. The molecule has 0 spiro atoms. The minimum atomic E-state index is -0.600. The molecular formula is C20H22N2O5. The van der Waals surface area contributed by atoms with E-state index in [9.17, 15) is 19.7 Å². The lowest BCUT2D eigenvalue weighted by Crippen LogP contribution is -2.14. The van der Waals surface area contributed by atoms with Crippen LogP contribution in [0.3, 0.4) is 0 Å². The van der Waals surface area contributed by atoms with Crippen LogP contribution in [0.15, 0.2) is 42.5 Å². The van der Waals surface area contributed by atoms with E-state index in [1.54, 1.807) is 6.92 Å². The molecule has 2 aromatic rings. The fourth-order valence-electron chi connectivity index (χ4n) is 2.67. The molecule has 7 heteroatoms. The summed E-state index contributed by atoms with van der Waals surface area (Å²) in [5.41, 5.74) is 2.17. The van der Waals surface area contributed by atoms with Crippen LogP contribution in [0.2, 0.25) is 0 Å². The second kappa shape index (κ2) is 9.47. The number of aryl methyl sites for hydroxylation is 2. The molecule has 0 fully saturated rings. The average Bonchev–Trinajstić information content (AvgIpc) is 2.61. The van der Waals surface area contributed by atoms with E-state index >= 15 is 0 Å². The molecule has 0 atom stereocenters. The molecule has 1 N–H and O–H groups in total. The van der Waals surface area contributed by atoms with Gasteiger partial charge >= 0.3 is 5.97 Å². The molecule has 0 aliphatic rings. The van der Waals surface area contributed by atoms with E-state index in [1.807, 2.05) is 25.1 Å². The molecule has 0 saturated heterocycles. The molecule has 0 aliphatic carbocycles. The Hall–Kier alpha value is -3.22. The van der Waals surface area contributed by atoms with E-state index in [4.69, 9.17) is 4.74 Å². The number of nitro groups is 1. The van der Waals surface area contributed by atoms with Gasteiger partial charge in [0.05, 0.1) is 17.1 Å². The summed E-state index contributed by atoms with van der Waals surface area (Å²) in [6.07, 6.45) is 1.56. The van der Waals surface area contributed by atoms with Crippen molar-refractivity contribution in [1.82, 2.24) is 0 Å². The van der Waals surface area contributed by atoms with Crippen LogP contribution in [0, 0.1) is 17.0 Å². The number of carbonyl (C=O) groups excluding carboxylic acids is 2. The van der Waals surface area contributed by atoms with Crippen molar-refractivity contribution < 1.29 is 19.2 Å². The van der Waals surface area contributed by atoms with Gasteiger partial charge in [-0.1, -0.05) is 29.8 Å². The molecule has 0 unspecified atom stereocenters. The van der Waals surface area contributed by atoms with Crippen LogP contribution in [-0.4, -0.2) is 23.4 Å². The van der Waals surface area contributed by atoms with Gasteiger partial charge in [-0.05, 0) is 44.4 Å². The highest BCUT2D eigenvalue weighted by Gasteiger charge is 2.19. The maximum Gasteiger partial charge on any atom is 0.338 e. The first kappa shape index (κ1) is 20.1. The highest BCUT2D eigenvalue weighted by molar-refractivity contribution is 5.96. The fraction of sp³-hybridized carbons (Fsp3) is 0.300. The molecular weight excluding hydrogens is 348 g/mol. The second-order valence-electron chi connectivity index (χ2n) is 6.10. The van der Waals surface area contributed by atoms with E-state index in [0.29, 0.717) is 6.42 Å². The summed E-state index contributed by atoms with van der Waals surface area (Å²) in [7, 11) is 0. The third-order valence-corrected chi connectivity index (χ3v) is 3.93. The van der Waals surface area contributed by atoms with E-state index < -0.39 is 10.9 Å². The number of ether oxygens (including phenoxy) is 1. The van der Waals surface area contributed by atoms with Crippen molar-refractivity contribution in [3.63, 3.8) is 0 Å². The number of benzene rings is 2. The monoisotopic (exact) mass is 370 g/mol. The SMILES string of the molecule is CCOC(=O)c1ccc([N+](=O)[O-])c(NC(=O)CCCc2cccc(C)c2)c1. The largest absolute Gasteiger partial charge is 0.462 e. The van der Waals surface area contributed by atoms with Crippen LogP contribution in [0.1, 0.15) is 41.3 Å². The van der Waals surface area contributed by atoms with Crippen LogP contribution in [-0.2, 0) is 16.0 Å². The van der Waals surface area contributed by atoms with Gasteiger partial charge in [0, 0.05) is 12.5 Å². The van der Waals surface area contributed by atoms with Gasteiger partial charge in [0.25, 0.3) is 5.69 Å². The van der Waals surface area contributed by atoms with Crippen molar-refractivity contribution in [2.24, 2.45) is 0 Å². The molecule has 0 radical (unpaired) electrons. The summed E-state index contributed by atoms with van der Waals surface area (Å²) in [6, 6.07) is 11.8. The van der Waals surface area contributed by atoms with Crippen LogP contribution in [0.25, 0.3) is 0 Å². The lowest BCUT2D eigenvalue weighted by Gasteiger charge is -2.08. The maximum absolute atomic E-state index is 12.2. The molecule has 27 heavy (non-hydrogen) atoms. The van der Waals surface area contributed by atoms with Crippen molar-refractivity contribution in [3.8, 4) is 0 Å². The van der Waals surface area contributed by atoms with Gasteiger partial charge in [0.1, 0.15) is 5.69 Å². The van der Waals surface area contributed by atoms with Gasteiger partial charge in [-0.25, -0.2) is 4.79 Å².